The second-order valence-electron chi connectivity index (χ2n) is 4.88. The number of hydrogen-bond acceptors (Lipinski definition) is 6. The van der Waals surface area contributed by atoms with Gasteiger partial charge in [-0.05, 0) is 24.3 Å². The number of nitrogens with zero attached hydrogens (tertiary/aromatic N) is 5. The molecule has 21 heavy (non-hydrogen) atoms. The molecule has 0 saturated carbocycles. The van der Waals surface area contributed by atoms with Gasteiger partial charge in [-0.3, -0.25) is 0 Å². The first-order valence-electron chi connectivity index (χ1n) is 6.79. The Bertz CT molecular complexity index is 657. The molecule has 1 fully saturated rings. The summed E-state index contributed by atoms with van der Waals surface area (Å²) in [7, 11) is 0. The maximum atomic E-state index is 9.54. The Morgan fingerprint density at radius 1 is 1.00 bits per heavy atom. The van der Waals surface area contributed by atoms with Crippen LogP contribution in [0.3, 0.4) is 0 Å². The van der Waals surface area contributed by atoms with Gasteiger partial charge in [0.15, 0.2) is 11.5 Å². The first-order valence-corrected chi connectivity index (χ1v) is 6.79. The summed E-state index contributed by atoms with van der Waals surface area (Å²) in [4.78, 5) is 4.38. The molecule has 1 aromatic carbocycles. The molecule has 1 aromatic heterocycles. The molecule has 0 aliphatic carbocycles. The van der Waals surface area contributed by atoms with E-state index in [9.17, 15) is 5.11 Å². The van der Waals surface area contributed by atoms with Crippen LogP contribution in [0.2, 0.25) is 0 Å². The zero-order valence-corrected chi connectivity index (χ0v) is 11.5. The van der Waals surface area contributed by atoms with Crippen LogP contribution in [0.1, 0.15) is 5.69 Å². The van der Waals surface area contributed by atoms with Crippen molar-refractivity contribution in [2.24, 2.45) is 0 Å². The quantitative estimate of drug-likeness (QED) is 0.896. The average Bonchev–Trinajstić information content (AvgIpc) is 2.55. The molecule has 1 aliphatic rings. The lowest BCUT2D eigenvalue weighted by atomic mass is 10.2. The van der Waals surface area contributed by atoms with Crippen LogP contribution in [0, 0.1) is 11.3 Å². The Labute approximate surface area is 122 Å². The molecule has 1 saturated heterocycles. The van der Waals surface area contributed by atoms with E-state index in [1.807, 2.05) is 24.3 Å². The molecule has 2 aromatic rings. The van der Waals surface area contributed by atoms with E-state index < -0.39 is 0 Å². The summed E-state index contributed by atoms with van der Waals surface area (Å²) in [6.07, 6.45) is 0. The van der Waals surface area contributed by atoms with Crippen molar-refractivity contribution in [1.82, 2.24) is 10.2 Å². The fourth-order valence-corrected chi connectivity index (χ4v) is 2.44. The Hall–Kier alpha value is -2.81. The lowest BCUT2D eigenvalue weighted by Crippen LogP contribution is -2.46. The smallest absolute Gasteiger partial charge is 0.163 e. The van der Waals surface area contributed by atoms with E-state index in [4.69, 9.17) is 5.26 Å². The van der Waals surface area contributed by atoms with Crippen LogP contribution in [0.4, 0.5) is 11.5 Å². The number of aromatic hydroxyl groups is 1. The van der Waals surface area contributed by atoms with Crippen molar-refractivity contribution in [1.29, 1.82) is 5.26 Å². The van der Waals surface area contributed by atoms with Gasteiger partial charge in [-0.1, -0.05) is 6.07 Å². The number of aromatic nitrogens is 2. The number of rotatable bonds is 2. The van der Waals surface area contributed by atoms with E-state index in [0.717, 1.165) is 37.7 Å². The fraction of sp³-hybridized carbons (Fsp3) is 0.267. The normalized spacial score (nSPS) is 14.8. The summed E-state index contributed by atoms with van der Waals surface area (Å²) in [5.41, 5.74) is 1.36. The third-order valence-corrected chi connectivity index (χ3v) is 3.56. The Morgan fingerprint density at radius 3 is 2.38 bits per heavy atom. The summed E-state index contributed by atoms with van der Waals surface area (Å²) >= 11 is 0. The number of benzene rings is 1. The highest BCUT2D eigenvalue weighted by Crippen LogP contribution is 2.22. The Kier molecular flexibility index (Phi) is 3.56. The van der Waals surface area contributed by atoms with Crippen LogP contribution in [-0.2, 0) is 0 Å². The second kappa shape index (κ2) is 5.67. The van der Waals surface area contributed by atoms with Crippen LogP contribution in [0.5, 0.6) is 5.75 Å². The van der Waals surface area contributed by atoms with Gasteiger partial charge >= 0.3 is 0 Å². The highest BCUT2D eigenvalue weighted by Gasteiger charge is 2.18. The number of anilines is 2. The molecule has 0 spiro atoms. The molecule has 2 heterocycles. The maximum Gasteiger partial charge on any atom is 0.163 e. The Balaban J connectivity index is 1.66. The maximum absolute atomic E-state index is 9.54. The van der Waals surface area contributed by atoms with E-state index in [1.165, 1.54) is 0 Å². The standard InChI is InChI=1S/C15H15N5O/c16-11-12-4-5-15(18-17-12)20-8-6-19(7-9-20)13-2-1-3-14(21)10-13/h1-5,10,21H,6-9H2. The van der Waals surface area contributed by atoms with Crippen molar-refractivity contribution in [2.75, 3.05) is 36.0 Å². The lowest BCUT2D eigenvalue weighted by Gasteiger charge is -2.36. The largest absolute Gasteiger partial charge is 0.508 e. The monoisotopic (exact) mass is 281 g/mol. The molecule has 0 amide bonds. The lowest BCUT2D eigenvalue weighted by molar-refractivity contribution is 0.475. The van der Waals surface area contributed by atoms with Gasteiger partial charge in [0.2, 0.25) is 0 Å². The molecule has 1 N–H and O–H groups in total. The first kappa shape index (κ1) is 13.2. The highest BCUT2D eigenvalue weighted by molar-refractivity contribution is 5.52. The summed E-state index contributed by atoms with van der Waals surface area (Å²) in [6, 6.07) is 12.8. The first-order chi connectivity index (χ1) is 10.3. The molecule has 106 valence electrons. The molecule has 0 radical (unpaired) electrons. The van der Waals surface area contributed by atoms with E-state index in [0.29, 0.717) is 5.69 Å². The third-order valence-electron chi connectivity index (χ3n) is 3.56. The summed E-state index contributed by atoms with van der Waals surface area (Å²) < 4.78 is 0. The molecule has 1 aliphatic heterocycles. The molecular weight excluding hydrogens is 266 g/mol. The fourth-order valence-electron chi connectivity index (χ4n) is 2.44. The number of phenolic OH excluding ortho intramolecular Hbond substituents is 1. The van der Waals surface area contributed by atoms with Gasteiger partial charge in [-0.15, -0.1) is 10.2 Å². The van der Waals surface area contributed by atoms with Crippen LogP contribution >= 0.6 is 0 Å². The van der Waals surface area contributed by atoms with Crippen molar-refractivity contribution in [2.45, 2.75) is 0 Å². The van der Waals surface area contributed by atoms with E-state index in [-0.39, 0.29) is 5.75 Å². The predicted molar refractivity (Wildman–Crippen MR) is 79.3 cm³/mol. The summed E-state index contributed by atoms with van der Waals surface area (Å²) in [6.45, 7) is 3.36. The van der Waals surface area contributed by atoms with E-state index in [2.05, 4.69) is 20.0 Å². The van der Waals surface area contributed by atoms with Gasteiger partial charge < -0.3 is 14.9 Å². The van der Waals surface area contributed by atoms with Gasteiger partial charge in [-0.25, -0.2) is 0 Å². The molecular formula is C15H15N5O. The number of hydrogen-bond donors (Lipinski definition) is 1. The Morgan fingerprint density at radius 2 is 1.76 bits per heavy atom. The molecule has 0 unspecified atom stereocenters. The second-order valence-corrected chi connectivity index (χ2v) is 4.88. The minimum Gasteiger partial charge on any atom is -0.508 e. The predicted octanol–water partition coefficient (Wildman–Crippen LogP) is 1.38. The molecule has 0 bridgehead atoms. The summed E-state index contributed by atoms with van der Waals surface area (Å²) in [5, 5.41) is 26.2. The van der Waals surface area contributed by atoms with E-state index >= 15 is 0 Å². The molecule has 6 heteroatoms. The number of piperazine rings is 1. The molecule has 0 atom stereocenters. The van der Waals surface area contributed by atoms with Crippen molar-refractivity contribution in [3.63, 3.8) is 0 Å². The van der Waals surface area contributed by atoms with Crippen molar-refractivity contribution >= 4 is 11.5 Å². The molecule has 3 rings (SSSR count). The van der Waals surface area contributed by atoms with Gasteiger partial charge in [0.05, 0.1) is 0 Å². The van der Waals surface area contributed by atoms with Crippen LogP contribution in [0.15, 0.2) is 36.4 Å². The van der Waals surface area contributed by atoms with Crippen molar-refractivity contribution < 1.29 is 5.11 Å². The van der Waals surface area contributed by atoms with Crippen molar-refractivity contribution in [3.8, 4) is 11.8 Å². The summed E-state index contributed by atoms with van der Waals surface area (Å²) in [5.74, 6) is 1.08. The number of nitriles is 1. The third kappa shape index (κ3) is 2.87. The van der Waals surface area contributed by atoms with Gasteiger partial charge in [-0.2, -0.15) is 5.26 Å². The zero-order valence-electron chi connectivity index (χ0n) is 11.5. The van der Waals surface area contributed by atoms with Crippen LogP contribution < -0.4 is 9.80 Å². The van der Waals surface area contributed by atoms with Gasteiger partial charge in [0, 0.05) is 37.9 Å². The van der Waals surface area contributed by atoms with Crippen molar-refractivity contribution in [3.05, 3.63) is 42.1 Å². The van der Waals surface area contributed by atoms with Gasteiger partial charge in [0.25, 0.3) is 0 Å². The number of phenols is 1. The van der Waals surface area contributed by atoms with Gasteiger partial charge in [0.1, 0.15) is 11.8 Å². The highest BCUT2D eigenvalue weighted by atomic mass is 16.3. The minimum atomic E-state index is 0.285. The SMILES string of the molecule is N#Cc1ccc(N2CCN(c3cccc(O)c3)CC2)nn1. The van der Waals surface area contributed by atoms with E-state index in [1.54, 1.807) is 18.2 Å². The van der Waals surface area contributed by atoms with Crippen LogP contribution in [0.25, 0.3) is 0 Å². The minimum absolute atomic E-state index is 0.285. The molecule has 6 nitrogen and oxygen atoms in total. The average molecular weight is 281 g/mol. The zero-order chi connectivity index (χ0) is 14.7. The topological polar surface area (TPSA) is 76.3 Å². The van der Waals surface area contributed by atoms with Crippen LogP contribution in [-0.4, -0.2) is 41.5 Å².